The Bertz CT molecular complexity index is 525. The molecule has 0 bridgehead atoms. The molecule has 0 saturated heterocycles. The number of halogens is 1. The molecule has 0 aliphatic heterocycles. The summed E-state index contributed by atoms with van der Waals surface area (Å²) in [6.45, 7) is 6.06. The molecule has 2 heterocycles. The number of imidazole rings is 1. The second-order valence-corrected chi connectivity index (χ2v) is 3.39. The molecule has 0 N–H and O–H groups in total. The monoisotopic (exact) mass is 251 g/mol. The minimum absolute atomic E-state index is 0.0829. The molecule has 6 nitrogen and oxygen atoms in total. The van der Waals surface area contributed by atoms with Crippen LogP contribution < -0.4 is 0 Å². The van der Waals surface area contributed by atoms with Crippen molar-refractivity contribution in [3.63, 3.8) is 0 Å². The third kappa shape index (κ3) is 2.59. The maximum absolute atomic E-state index is 5.82. The summed E-state index contributed by atoms with van der Waals surface area (Å²) in [6.07, 6.45) is 4.90. The molecule has 0 saturated carbocycles. The van der Waals surface area contributed by atoms with Gasteiger partial charge in [0.25, 0.3) is 0 Å². The molecule has 0 radical (unpaired) electrons. The van der Waals surface area contributed by atoms with Gasteiger partial charge in [-0.2, -0.15) is 15.0 Å². The van der Waals surface area contributed by atoms with E-state index in [2.05, 4.69) is 26.5 Å². The fourth-order valence-corrected chi connectivity index (χ4v) is 1.35. The van der Waals surface area contributed by atoms with Crippen molar-refractivity contribution >= 4 is 17.4 Å². The second-order valence-electron chi connectivity index (χ2n) is 3.05. The van der Waals surface area contributed by atoms with Crippen molar-refractivity contribution in [3.8, 4) is 5.95 Å². The van der Waals surface area contributed by atoms with Crippen molar-refractivity contribution in [2.45, 2.75) is 6.92 Å². The van der Waals surface area contributed by atoms with Crippen LogP contribution in [0.1, 0.15) is 12.7 Å². The van der Waals surface area contributed by atoms with Gasteiger partial charge in [-0.05, 0) is 18.5 Å². The van der Waals surface area contributed by atoms with E-state index in [4.69, 9.17) is 16.3 Å². The number of hydrogen-bond donors (Lipinski definition) is 0. The Morgan fingerprint density at radius 3 is 2.94 bits per heavy atom. The van der Waals surface area contributed by atoms with Crippen LogP contribution in [0.2, 0.25) is 5.28 Å². The molecular formula is C10H10ClN5O. The van der Waals surface area contributed by atoms with E-state index in [1.807, 2.05) is 6.92 Å². The first kappa shape index (κ1) is 11.5. The van der Waals surface area contributed by atoms with E-state index >= 15 is 0 Å². The predicted octanol–water partition coefficient (Wildman–Crippen LogP) is 1.72. The summed E-state index contributed by atoms with van der Waals surface area (Å²) >= 11 is 5.82. The average Bonchev–Trinajstić information content (AvgIpc) is 2.82. The summed E-state index contributed by atoms with van der Waals surface area (Å²) in [7, 11) is 0. The van der Waals surface area contributed by atoms with Gasteiger partial charge in [-0.15, -0.1) is 0 Å². The third-order valence-electron chi connectivity index (χ3n) is 1.90. The van der Waals surface area contributed by atoms with Gasteiger partial charge in [-0.1, -0.05) is 6.58 Å². The number of aromatic nitrogens is 5. The summed E-state index contributed by atoms with van der Waals surface area (Å²) < 4.78 is 6.85. The molecule has 0 aliphatic carbocycles. The van der Waals surface area contributed by atoms with E-state index in [9.17, 15) is 0 Å². The topological polar surface area (TPSA) is 65.7 Å². The summed E-state index contributed by atoms with van der Waals surface area (Å²) in [5, 5.41) is 0.0829. The highest BCUT2D eigenvalue weighted by Gasteiger charge is 2.09. The first-order valence-corrected chi connectivity index (χ1v) is 5.30. The van der Waals surface area contributed by atoms with E-state index in [0.29, 0.717) is 24.1 Å². The predicted molar refractivity (Wildman–Crippen MR) is 62.6 cm³/mol. The van der Waals surface area contributed by atoms with Crippen LogP contribution in [-0.4, -0.2) is 31.1 Å². The normalized spacial score (nSPS) is 10.2. The molecule has 2 aromatic rings. The Morgan fingerprint density at radius 2 is 2.29 bits per heavy atom. The minimum Gasteiger partial charge on any atom is -0.491 e. The van der Waals surface area contributed by atoms with Crippen LogP contribution >= 0.6 is 11.6 Å². The van der Waals surface area contributed by atoms with Crippen LogP contribution in [-0.2, 0) is 4.74 Å². The first-order chi connectivity index (χ1) is 8.20. The van der Waals surface area contributed by atoms with Crippen molar-refractivity contribution in [2.24, 2.45) is 0 Å². The smallest absolute Gasteiger partial charge is 0.239 e. The van der Waals surface area contributed by atoms with Crippen molar-refractivity contribution in [1.82, 2.24) is 24.5 Å². The second kappa shape index (κ2) is 4.92. The number of nitrogens with zero attached hydrogens (tertiary/aromatic N) is 5. The molecule has 88 valence electrons. The molecule has 2 aromatic heterocycles. The molecule has 0 spiro atoms. The number of hydrogen-bond acceptors (Lipinski definition) is 5. The lowest BCUT2D eigenvalue weighted by atomic mass is 10.5. The van der Waals surface area contributed by atoms with Gasteiger partial charge in [0.15, 0.2) is 5.76 Å². The lowest BCUT2D eigenvalue weighted by molar-refractivity contribution is 0.296. The molecule has 0 amide bonds. The SMILES string of the molecule is C=C(OCC)c1nc(Cl)nc(-n2ccnc2)n1. The van der Waals surface area contributed by atoms with E-state index in [1.165, 1.54) is 0 Å². The molecule has 2 rings (SSSR count). The zero-order chi connectivity index (χ0) is 12.3. The quantitative estimate of drug-likeness (QED) is 0.774. The van der Waals surface area contributed by atoms with E-state index in [1.54, 1.807) is 23.3 Å². The summed E-state index contributed by atoms with van der Waals surface area (Å²) in [4.78, 5) is 16.0. The van der Waals surface area contributed by atoms with E-state index < -0.39 is 0 Å². The fourth-order valence-electron chi connectivity index (χ4n) is 1.20. The van der Waals surface area contributed by atoms with Crippen LogP contribution in [0.3, 0.4) is 0 Å². The Kier molecular flexibility index (Phi) is 3.34. The number of ether oxygens (including phenoxy) is 1. The molecule has 0 atom stereocenters. The van der Waals surface area contributed by atoms with Gasteiger partial charge in [0.1, 0.15) is 6.33 Å². The molecule has 17 heavy (non-hydrogen) atoms. The molecular weight excluding hydrogens is 242 g/mol. The van der Waals surface area contributed by atoms with E-state index in [-0.39, 0.29) is 5.28 Å². The Balaban J connectivity index is 2.39. The zero-order valence-electron chi connectivity index (χ0n) is 9.17. The maximum atomic E-state index is 5.82. The van der Waals surface area contributed by atoms with Gasteiger partial charge in [0.2, 0.25) is 17.1 Å². The van der Waals surface area contributed by atoms with Crippen LogP contribution in [0.5, 0.6) is 0 Å². The first-order valence-electron chi connectivity index (χ1n) is 4.92. The Hall–Kier alpha value is -1.95. The lowest BCUT2D eigenvalue weighted by Crippen LogP contribution is -2.06. The van der Waals surface area contributed by atoms with Gasteiger partial charge in [-0.3, -0.25) is 4.57 Å². The average molecular weight is 252 g/mol. The maximum Gasteiger partial charge on any atom is 0.239 e. The number of rotatable bonds is 4. The Morgan fingerprint density at radius 1 is 1.47 bits per heavy atom. The van der Waals surface area contributed by atoms with Crippen molar-refractivity contribution in [1.29, 1.82) is 0 Å². The van der Waals surface area contributed by atoms with E-state index in [0.717, 1.165) is 0 Å². The molecule has 0 aliphatic rings. The highest BCUT2D eigenvalue weighted by molar-refractivity contribution is 6.28. The zero-order valence-corrected chi connectivity index (χ0v) is 9.92. The fraction of sp³-hybridized carbons (Fsp3) is 0.200. The molecule has 0 unspecified atom stereocenters. The summed E-state index contributed by atoms with van der Waals surface area (Å²) in [6, 6.07) is 0. The van der Waals surface area contributed by atoms with Gasteiger partial charge in [0, 0.05) is 12.4 Å². The highest BCUT2D eigenvalue weighted by atomic mass is 35.5. The van der Waals surface area contributed by atoms with Crippen LogP contribution in [0.25, 0.3) is 11.7 Å². The van der Waals surface area contributed by atoms with Crippen molar-refractivity contribution in [3.05, 3.63) is 36.4 Å². The third-order valence-corrected chi connectivity index (χ3v) is 2.07. The molecule has 7 heteroatoms. The standard InChI is InChI=1S/C10H10ClN5O/c1-3-17-7(2)8-13-9(11)15-10(14-8)16-5-4-12-6-16/h4-6H,2-3H2,1H3. The minimum atomic E-state index is 0.0829. The van der Waals surface area contributed by atoms with Crippen molar-refractivity contribution < 1.29 is 4.74 Å². The highest BCUT2D eigenvalue weighted by Crippen LogP contribution is 2.13. The summed E-state index contributed by atoms with van der Waals surface area (Å²) in [5.74, 6) is 1.05. The molecule has 0 aromatic carbocycles. The lowest BCUT2D eigenvalue weighted by Gasteiger charge is -2.07. The largest absolute Gasteiger partial charge is 0.491 e. The summed E-state index contributed by atoms with van der Waals surface area (Å²) in [5.41, 5.74) is 0. The van der Waals surface area contributed by atoms with Gasteiger partial charge >= 0.3 is 0 Å². The van der Waals surface area contributed by atoms with Crippen LogP contribution in [0.15, 0.2) is 25.3 Å². The molecule has 0 fully saturated rings. The van der Waals surface area contributed by atoms with Crippen molar-refractivity contribution in [2.75, 3.05) is 6.61 Å². The van der Waals surface area contributed by atoms with Crippen LogP contribution in [0, 0.1) is 0 Å². The van der Waals surface area contributed by atoms with Gasteiger partial charge in [-0.25, -0.2) is 4.98 Å². The van der Waals surface area contributed by atoms with Gasteiger partial charge in [0.05, 0.1) is 6.61 Å². The van der Waals surface area contributed by atoms with Crippen LogP contribution in [0.4, 0.5) is 0 Å². The Labute approximate surface area is 103 Å². The van der Waals surface area contributed by atoms with Gasteiger partial charge < -0.3 is 4.74 Å².